The van der Waals surface area contributed by atoms with Crippen LogP contribution >= 0.6 is 8.25 Å². The predicted octanol–water partition coefficient (Wildman–Crippen LogP) is 4.14. The number of hydrogen-bond acceptors (Lipinski definition) is 4. The van der Waals surface area contributed by atoms with Gasteiger partial charge in [-0.2, -0.15) is 0 Å². The van der Waals surface area contributed by atoms with E-state index in [1.54, 1.807) is 12.1 Å². The molecule has 0 aliphatic rings. The van der Waals surface area contributed by atoms with E-state index in [0.29, 0.717) is 17.7 Å². The third kappa shape index (κ3) is 3.84. The summed E-state index contributed by atoms with van der Waals surface area (Å²) < 4.78 is 21.4. The Morgan fingerprint density at radius 3 is 2.57 bits per heavy atom. The summed E-state index contributed by atoms with van der Waals surface area (Å²) in [4.78, 5) is 8.90. The molecule has 1 atom stereocenters. The van der Waals surface area contributed by atoms with E-state index in [0.717, 1.165) is 24.6 Å². The van der Waals surface area contributed by atoms with Gasteiger partial charge in [-0.25, -0.2) is 4.52 Å². The Labute approximate surface area is 124 Å². The smallest absolute Gasteiger partial charge is 0.504 e. The van der Waals surface area contributed by atoms with Crippen molar-refractivity contribution in [1.29, 1.82) is 0 Å². The SMILES string of the molecule is CCCCCOc1cc(O)c(O[P+](=O)O)c2ccccc12. The summed E-state index contributed by atoms with van der Waals surface area (Å²) in [7, 11) is -2.84. The van der Waals surface area contributed by atoms with E-state index in [1.807, 2.05) is 12.1 Å². The number of aromatic hydroxyl groups is 1. The zero-order valence-electron chi connectivity index (χ0n) is 11.8. The lowest BCUT2D eigenvalue weighted by molar-refractivity contribution is 0.307. The molecule has 0 saturated carbocycles. The molecule has 2 aromatic carbocycles. The van der Waals surface area contributed by atoms with Gasteiger partial charge in [-0.3, -0.25) is 0 Å². The van der Waals surface area contributed by atoms with Gasteiger partial charge in [-0.15, -0.1) is 4.89 Å². The lowest BCUT2D eigenvalue weighted by Gasteiger charge is -2.11. The first-order valence-corrected chi connectivity index (χ1v) is 7.98. The number of phenols is 1. The second-order valence-electron chi connectivity index (χ2n) is 4.65. The molecule has 0 fully saturated rings. The standard InChI is InChI=1S/C15H17O5P/c1-2-3-6-9-19-14-10-13(16)15(20-21(17)18)12-8-5-4-7-11(12)14/h4-5,7-8,10H,2-3,6,9H2,1H3,(H-,16,17,18)/p+1. The Hall–Kier alpha value is -1.84. The third-order valence-corrected chi connectivity index (χ3v) is 3.45. The minimum atomic E-state index is -2.84. The van der Waals surface area contributed by atoms with Crippen LogP contribution in [0.3, 0.4) is 0 Å². The topological polar surface area (TPSA) is 76.0 Å². The quantitative estimate of drug-likeness (QED) is 0.593. The summed E-state index contributed by atoms with van der Waals surface area (Å²) in [6.07, 6.45) is 3.12. The lowest BCUT2D eigenvalue weighted by atomic mass is 10.1. The van der Waals surface area contributed by atoms with E-state index >= 15 is 0 Å². The second-order valence-corrected chi connectivity index (χ2v) is 5.31. The zero-order chi connectivity index (χ0) is 15.2. The summed E-state index contributed by atoms with van der Waals surface area (Å²) in [5.74, 6) is 0.325. The van der Waals surface area contributed by atoms with Gasteiger partial charge in [0.2, 0.25) is 5.75 Å². The summed E-state index contributed by atoms with van der Waals surface area (Å²) in [5, 5.41) is 11.3. The average Bonchev–Trinajstić information content (AvgIpc) is 2.47. The normalized spacial score (nSPS) is 11.4. The van der Waals surface area contributed by atoms with E-state index in [9.17, 15) is 9.67 Å². The number of benzene rings is 2. The van der Waals surface area contributed by atoms with Crippen molar-refractivity contribution in [3.8, 4) is 17.2 Å². The lowest BCUT2D eigenvalue weighted by Crippen LogP contribution is -1.98. The fourth-order valence-corrected chi connectivity index (χ4v) is 2.48. The maximum atomic E-state index is 10.9. The van der Waals surface area contributed by atoms with Gasteiger partial charge < -0.3 is 9.84 Å². The zero-order valence-corrected chi connectivity index (χ0v) is 12.7. The molecule has 0 heterocycles. The molecule has 112 valence electrons. The first-order valence-electron chi connectivity index (χ1n) is 6.85. The Bertz CT molecular complexity index is 641. The van der Waals surface area contributed by atoms with Crippen molar-refractivity contribution in [2.24, 2.45) is 0 Å². The van der Waals surface area contributed by atoms with Crippen LogP contribution in [-0.2, 0) is 4.57 Å². The van der Waals surface area contributed by atoms with Crippen molar-refractivity contribution >= 4 is 19.0 Å². The first-order chi connectivity index (χ1) is 10.1. The second kappa shape index (κ2) is 7.25. The minimum Gasteiger partial charge on any atom is -0.504 e. The fourth-order valence-electron chi connectivity index (χ4n) is 2.13. The van der Waals surface area contributed by atoms with Crippen LogP contribution in [0.4, 0.5) is 0 Å². The molecule has 0 aromatic heterocycles. The van der Waals surface area contributed by atoms with Crippen molar-refractivity contribution < 1.29 is 23.8 Å². The van der Waals surface area contributed by atoms with Crippen LogP contribution in [-0.4, -0.2) is 16.6 Å². The molecule has 0 aliphatic heterocycles. The number of hydrogen-bond donors (Lipinski definition) is 2. The van der Waals surface area contributed by atoms with Crippen LogP contribution in [0.1, 0.15) is 26.2 Å². The van der Waals surface area contributed by atoms with E-state index in [-0.39, 0.29) is 11.5 Å². The summed E-state index contributed by atoms with van der Waals surface area (Å²) in [6, 6.07) is 8.55. The van der Waals surface area contributed by atoms with Crippen LogP contribution in [0.15, 0.2) is 30.3 Å². The van der Waals surface area contributed by atoms with Crippen molar-refractivity contribution in [2.75, 3.05) is 6.61 Å². The van der Waals surface area contributed by atoms with Gasteiger partial charge >= 0.3 is 8.25 Å². The number of fused-ring (bicyclic) bond motifs is 1. The molecule has 0 radical (unpaired) electrons. The van der Waals surface area contributed by atoms with Gasteiger partial charge in [-0.1, -0.05) is 44.0 Å². The fraction of sp³-hybridized carbons (Fsp3) is 0.333. The molecule has 0 amide bonds. The first kappa shape index (κ1) is 15.5. The Kier molecular flexibility index (Phi) is 5.37. The molecular formula is C15H18O5P+. The molecule has 21 heavy (non-hydrogen) atoms. The molecule has 2 N–H and O–H groups in total. The van der Waals surface area contributed by atoms with Crippen molar-refractivity contribution in [2.45, 2.75) is 26.2 Å². The van der Waals surface area contributed by atoms with E-state index in [1.165, 1.54) is 6.07 Å². The van der Waals surface area contributed by atoms with Gasteiger partial charge in [0.15, 0.2) is 5.75 Å². The highest BCUT2D eigenvalue weighted by molar-refractivity contribution is 7.32. The molecule has 2 aromatic rings. The van der Waals surface area contributed by atoms with Crippen molar-refractivity contribution in [1.82, 2.24) is 0 Å². The number of ether oxygens (including phenoxy) is 1. The number of unbranched alkanes of at least 4 members (excludes halogenated alkanes) is 2. The summed E-state index contributed by atoms with van der Waals surface area (Å²) >= 11 is 0. The number of phenolic OH excluding ortho intramolecular Hbond substituents is 1. The minimum absolute atomic E-state index is 0.00452. The molecule has 6 heteroatoms. The maximum Gasteiger partial charge on any atom is 0.747 e. The van der Waals surface area contributed by atoms with Crippen LogP contribution in [0, 0.1) is 0 Å². The Morgan fingerprint density at radius 2 is 1.90 bits per heavy atom. The van der Waals surface area contributed by atoms with E-state index in [2.05, 4.69) is 6.92 Å². The van der Waals surface area contributed by atoms with Crippen LogP contribution in [0.5, 0.6) is 17.2 Å². The molecular weight excluding hydrogens is 291 g/mol. The molecule has 0 saturated heterocycles. The highest BCUT2D eigenvalue weighted by Gasteiger charge is 2.22. The molecule has 0 aliphatic carbocycles. The highest BCUT2D eigenvalue weighted by Crippen LogP contribution is 2.43. The van der Waals surface area contributed by atoms with Crippen LogP contribution in [0.25, 0.3) is 10.8 Å². The van der Waals surface area contributed by atoms with Crippen LogP contribution < -0.4 is 9.26 Å². The van der Waals surface area contributed by atoms with Crippen LogP contribution in [0.2, 0.25) is 0 Å². The van der Waals surface area contributed by atoms with Crippen molar-refractivity contribution in [3.63, 3.8) is 0 Å². The highest BCUT2D eigenvalue weighted by atomic mass is 31.1. The monoisotopic (exact) mass is 309 g/mol. The summed E-state index contributed by atoms with van der Waals surface area (Å²) in [5.41, 5.74) is 0. The van der Waals surface area contributed by atoms with Crippen molar-refractivity contribution in [3.05, 3.63) is 30.3 Å². The molecule has 5 nitrogen and oxygen atoms in total. The van der Waals surface area contributed by atoms with Gasteiger partial charge in [-0.05, 0) is 6.42 Å². The Balaban J connectivity index is 2.37. The van der Waals surface area contributed by atoms with Gasteiger partial charge in [0.05, 0.1) is 6.61 Å². The molecule has 0 spiro atoms. The maximum absolute atomic E-state index is 10.9. The largest absolute Gasteiger partial charge is 0.747 e. The third-order valence-electron chi connectivity index (χ3n) is 3.11. The average molecular weight is 309 g/mol. The Morgan fingerprint density at radius 1 is 1.19 bits per heavy atom. The van der Waals surface area contributed by atoms with Gasteiger partial charge in [0.1, 0.15) is 5.75 Å². The number of rotatable bonds is 7. The van der Waals surface area contributed by atoms with E-state index < -0.39 is 8.25 Å². The van der Waals surface area contributed by atoms with E-state index in [4.69, 9.17) is 14.2 Å². The summed E-state index contributed by atoms with van der Waals surface area (Å²) in [6.45, 7) is 2.68. The molecule has 2 rings (SSSR count). The molecule has 0 bridgehead atoms. The van der Waals surface area contributed by atoms with Gasteiger partial charge in [0.25, 0.3) is 0 Å². The molecule has 1 unspecified atom stereocenters. The predicted molar refractivity (Wildman–Crippen MR) is 81.1 cm³/mol. The van der Waals surface area contributed by atoms with Gasteiger partial charge in [0, 0.05) is 21.4 Å².